The summed E-state index contributed by atoms with van der Waals surface area (Å²) < 4.78 is 4.86. The lowest BCUT2D eigenvalue weighted by atomic mass is 9.88. The Bertz CT molecular complexity index is 655. The second-order valence-electron chi connectivity index (χ2n) is 5.37. The van der Waals surface area contributed by atoms with E-state index in [9.17, 15) is 14.4 Å². The molecule has 0 saturated heterocycles. The molecule has 21 heavy (non-hydrogen) atoms. The van der Waals surface area contributed by atoms with Crippen molar-refractivity contribution in [1.82, 2.24) is 0 Å². The van der Waals surface area contributed by atoms with Crippen LogP contribution < -0.4 is 4.90 Å². The van der Waals surface area contributed by atoms with Crippen LogP contribution in [0.4, 0.5) is 5.00 Å². The van der Waals surface area contributed by atoms with E-state index < -0.39 is 17.8 Å². The quantitative estimate of drug-likeness (QED) is 0.620. The third kappa shape index (κ3) is 2.19. The Kier molecular flexibility index (Phi) is 3.41. The van der Waals surface area contributed by atoms with Crippen molar-refractivity contribution < 1.29 is 19.1 Å². The molecule has 1 aliphatic heterocycles. The van der Waals surface area contributed by atoms with Gasteiger partial charge in [0.15, 0.2) is 0 Å². The molecule has 2 amide bonds. The maximum absolute atomic E-state index is 12.1. The van der Waals surface area contributed by atoms with E-state index in [1.54, 1.807) is 0 Å². The summed E-state index contributed by atoms with van der Waals surface area (Å²) >= 11 is 1.36. The van der Waals surface area contributed by atoms with Crippen LogP contribution >= 0.6 is 11.3 Å². The number of rotatable bonds is 2. The Labute approximate surface area is 126 Å². The highest BCUT2D eigenvalue weighted by atomic mass is 32.1. The minimum atomic E-state index is -0.482. The standard InChI is InChI=1S/C15H15NO4S/c1-8-3-4-9-10(7-8)21-14(13(9)15(19)20-2)16-11(17)5-6-12(16)18/h5-6,8H,3-4,7H2,1-2H3/t8-/m1/s1. The van der Waals surface area contributed by atoms with Crippen LogP contribution in [0.2, 0.25) is 0 Å². The second kappa shape index (κ2) is 5.11. The molecule has 0 aromatic carbocycles. The number of hydrogen-bond donors (Lipinski definition) is 0. The summed E-state index contributed by atoms with van der Waals surface area (Å²) in [6.07, 6.45) is 5.09. The van der Waals surface area contributed by atoms with Gasteiger partial charge in [-0.15, -0.1) is 11.3 Å². The third-order valence-electron chi connectivity index (χ3n) is 3.89. The number of ether oxygens (including phenoxy) is 1. The molecule has 0 N–H and O–H groups in total. The zero-order valence-corrected chi connectivity index (χ0v) is 12.7. The average Bonchev–Trinajstić information content (AvgIpc) is 2.97. The van der Waals surface area contributed by atoms with Crippen LogP contribution in [0.15, 0.2) is 12.2 Å². The summed E-state index contributed by atoms with van der Waals surface area (Å²) in [5, 5.41) is 0.404. The molecule has 1 aliphatic carbocycles. The average molecular weight is 305 g/mol. The number of fused-ring (bicyclic) bond motifs is 1. The minimum absolute atomic E-state index is 0.384. The number of hydrogen-bond acceptors (Lipinski definition) is 5. The largest absolute Gasteiger partial charge is 0.465 e. The van der Waals surface area contributed by atoms with Gasteiger partial charge in [-0.25, -0.2) is 9.69 Å². The van der Waals surface area contributed by atoms with E-state index in [-0.39, 0.29) is 0 Å². The van der Waals surface area contributed by atoms with E-state index in [0.29, 0.717) is 16.5 Å². The molecule has 0 saturated carbocycles. The fraction of sp³-hybridized carbons (Fsp3) is 0.400. The first-order chi connectivity index (χ1) is 10.0. The second-order valence-corrected chi connectivity index (χ2v) is 6.45. The first-order valence-electron chi connectivity index (χ1n) is 6.82. The predicted molar refractivity (Wildman–Crippen MR) is 78.5 cm³/mol. The summed E-state index contributed by atoms with van der Waals surface area (Å²) in [5.41, 5.74) is 1.32. The van der Waals surface area contributed by atoms with Crippen LogP contribution in [0.1, 0.15) is 34.1 Å². The first-order valence-corrected chi connectivity index (χ1v) is 7.63. The molecule has 0 spiro atoms. The normalized spacial score (nSPS) is 20.9. The van der Waals surface area contributed by atoms with Crippen molar-refractivity contribution in [3.8, 4) is 0 Å². The van der Waals surface area contributed by atoms with Crippen LogP contribution in [0.25, 0.3) is 0 Å². The van der Waals surface area contributed by atoms with Crippen LogP contribution in [0, 0.1) is 5.92 Å². The van der Waals surface area contributed by atoms with Crippen molar-refractivity contribution in [2.75, 3.05) is 12.0 Å². The van der Waals surface area contributed by atoms with E-state index in [0.717, 1.165) is 34.6 Å². The van der Waals surface area contributed by atoms with Gasteiger partial charge in [-0.05, 0) is 30.7 Å². The SMILES string of the molecule is COC(=O)c1c(N2C(=O)C=CC2=O)sc2c1CC[C@@H](C)C2. The molecule has 0 radical (unpaired) electrons. The van der Waals surface area contributed by atoms with Crippen LogP contribution in [-0.2, 0) is 27.2 Å². The van der Waals surface area contributed by atoms with Gasteiger partial charge < -0.3 is 4.74 Å². The molecule has 1 aromatic heterocycles. The monoisotopic (exact) mass is 305 g/mol. The number of nitrogens with zero attached hydrogens (tertiary/aromatic N) is 1. The van der Waals surface area contributed by atoms with Gasteiger partial charge >= 0.3 is 5.97 Å². The summed E-state index contributed by atoms with van der Waals surface area (Å²) in [5.74, 6) is -0.754. The molecule has 110 valence electrons. The fourth-order valence-corrected chi connectivity index (χ4v) is 4.32. The Balaban J connectivity index is 2.14. The molecule has 6 heteroatoms. The number of carbonyl (C=O) groups excluding carboxylic acids is 3. The van der Waals surface area contributed by atoms with Crippen molar-refractivity contribution in [2.24, 2.45) is 5.92 Å². The summed E-state index contributed by atoms with van der Waals surface area (Å²) in [4.78, 5) is 38.1. The Morgan fingerprint density at radius 1 is 1.33 bits per heavy atom. The fourth-order valence-electron chi connectivity index (χ4n) is 2.81. The number of anilines is 1. The summed E-state index contributed by atoms with van der Waals surface area (Å²) in [7, 11) is 1.31. The highest BCUT2D eigenvalue weighted by molar-refractivity contribution is 7.17. The molecular weight excluding hydrogens is 290 g/mol. The summed E-state index contributed by atoms with van der Waals surface area (Å²) in [6, 6.07) is 0. The Morgan fingerprint density at radius 2 is 2.00 bits per heavy atom. The number of thiophene rings is 1. The van der Waals surface area contributed by atoms with Crippen molar-refractivity contribution in [3.63, 3.8) is 0 Å². The third-order valence-corrected chi connectivity index (χ3v) is 5.13. The van der Waals surface area contributed by atoms with E-state index in [1.807, 2.05) is 0 Å². The van der Waals surface area contributed by atoms with E-state index in [4.69, 9.17) is 4.74 Å². The van der Waals surface area contributed by atoms with Crippen molar-refractivity contribution in [2.45, 2.75) is 26.2 Å². The number of imide groups is 1. The van der Waals surface area contributed by atoms with Crippen LogP contribution in [0.5, 0.6) is 0 Å². The molecule has 5 nitrogen and oxygen atoms in total. The van der Waals surface area contributed by atoms with Gasteiger partial charge in [-0.1, -0.05) is 6.92 Å². The minimum Gasteiger partial charge on any atom is -0.465 e. The van der Waals surface area contributed by atoms with E-state index >= 15 is 0 Å². The first kappa shape index (κ1) is 14.0. The van der Waals surface area contributed by atoms with Crippen molar-refractivity contribution in [3.05, 3.63) is 28.2 Å². The summed E-state index contributed by atoms with van der Waals surface area (Å²) in [6.45, 7) is 2.16. The van der Waals surface area contributed by atoms with E-state index in [1.165, 1.54) is 30.6 Å². The Morgan fingerprint density at radius 3 is 2.62 bits per heavy atom. The van der Waals surface area contributed by atoms with Crippen LogP contribution in [-0.4, -0.2) is 24.9 Å². The lowest BCUT2D eigenvalue weighted by Gasteiger charge is -2.18. The number of carbonyl (C=O) groups is 3. The van der Waals surface area contributed by atoms with Gasteiger partial charge in [0.1, 0.15) is 5.00 Å². The van der Waals surface area contributed by atoms with Crippen LogP contribution in [0.3, 0.4) is 0 Å². The van der Waals surface area contributed by atoms with E-state index in [2.05, 4.69) is 6.92 Å². The van der Waals surface area contributed by atoms with Gasteiger partial charge in [-0.3, -0.25) is 9.59 Å². The molecular formula is C15H15NO4S. The highest BCUT2D eigenvalue weighted by Crippen LogP contribution is 2.42. The highest BCUT2D eigenvalue weighted by Gasteiger charge is 2.35. The Hall–Kier alpha value is -1.95. The number of methoxy groups -OCH3 is 1. The molecule has 1 atom stereocenters. The van der Waals surface area contributed by atoms with Gasteiger partial charge in [0.2, 0.25) is 0 Å². The van der Waals surface area contributed by atoms with Gasteiger partial charge in [0.25, 0.3) is 11.8 Å². The molecule has 1 aromatic rings. The zero-order valence-electron chi connectivity index (χ0n) is 11.8. The maximum atomic E-state index is 12.1. The zero-order chi connectivity index (χ0) is 15.1. The van der Waals surface area contributed by atoms with Crippen molar-refractivity contribution in [1.29, 1.82) is 0 Å². The molecule has 0 fully saturated rings. The lowest BCUT2D eigenvalue weighted by molar-refractivity contribution is -0.119. The topological polar surface area (TPSA) is 63.7 Å². The molecule has 2 heterocycles. The molecule has 3 rings (SSSR count). The smallest absolute Gasteiger partial charge is 0.341 e. The van der Waals surface area contributed by atoms with Crippen molar-refractivity contribution >= 4 is 34.1 Å². The molecule has 2 aliphatic rings. The number of esters is 1. The predicted octanol–water partition coefficient (Wildman–Crippen LogP) is 2.09. The van der Waals surface area contributed by atoms with Gasteiger partial charge in [0, 0.05) is 17.0 Å². The molecule has 0 unspecified atom stereocenters. The number of amides is 2. The maximum Gasteiger partial charge on any atom is 0.341 e. The van der Waals surface area contributed by atoms with Gasteiger partial charge in [-0.2, -0.15) is 0 Å². The molecule has 0 bridgehead atoms. The van der Waals surface area contributed by atoms with Gasteiger partial charge in [0.05, 0.1) is 12.7 Å². The lowest BCUT2D eigenvalue weighted by Crippen LogP contribution is -2.30.